The number of carboxylic acids is 1. The number of benzene rings is 1. The summed E-state index contributed by atoms with van der Waals surface area (Å²) in [5, 5.41) is 8.95. The molecule has 2 saturated heterocycles. The number of carbonyl (C=O) groups excluding carboxylic acids is 2. The molecule has 0 aliphatic carbocycles. The Bertz CT molecular complexity index is 723. The molecular weight excluding hydrogens is 327 g/mol. The quantitative estimate of drug-likeness (QED) is 0.897. The van der Waals surface area contributed by atoms with E-state index in [1.165, 1.54) is 4.90 Å². The molecule has 25 heavy (non-hydrogen) atoms. The van der Waals surface area contributed by atoms with Gasteiger partial charge in [0, 0.05) is 31.6 Å². The molecule has 3 rings (SSSR count). The molecule has 0 saturated carbocycles. The minimum absolute atomic E-state index is 0.0673. The molecule has 0 radical (unpaired) electrons. The van der Waals surface area contributed by atoms with E-state index >= 15 is 0 Å². The Kier molecular flexibility index (Phi) is 4.49. The van der Waals surface area contributed by atoms with Crippen LogP contribution in [-0.4, -0.2) is 53.1 Å². The van der Waals surface area contributed by atoms with Crippen molar-refractivity contribution >= 4 is 23.5 Å². The molecule has 1 N–H and O–H groups in total. The zero-order chi connectivity index (χ0) is 18.2. The molecule has 7 heteroatoms. The van der Waals surface area contributed by atoms with E-state index in [4.69, 9.17) is 5.11 Å². The second-order valence-electron chi connectivity index (χ2n) is 6.67. The first-order chi connectivity index (χ1) is 11.9. The van der Waals surface area contributed by atoms with Gasteiger partial charge in [0.1, 0.15) is 0 Å². The van der Waals surface area contributed by atoms with E-state index in [-0.39, 0.29) is 37.7 Å². The highest BCUT2D eigenvalue weighted by Gasteiger charge is 2.49. The first-order valence-corrected chi connectivity index (χ1v) is 8.45. The van der Waals surface area contributed by atoms with Crippen molar-refractivity contribution in [3.63, 3.8) is 0 Å². The lowest BCUT2D eigenvalue weighted by molar-refractivity contribution is -0.150. The number of carbonyl (C=O) groups is 3. The van der Waals surface area contributed by atoms with E-state index in [1.807, 2.05) is 31.2 Å². The Morgan fingerprint density at radius 3 is 2.72 bits per heavy atom. The molecule has 2 aliphatic heterocycles. The van der Waals surface area contributed by atoms with Crippen molar-refractivity contribution in [3.05, 3.63) is 29.8 Å². The van der Waals surface area contributed by atoms with Gasteiger partial charge in [-0.3, -0.25) is 9.59 Å². The smallest absolute Gasteiger partial charge is 0.343 e. The summed E-state index contributed by atoms with van der Waals surface area (Å²) in [6, 6.07) is 7.56. The Morgan fingerprint density at radius 2 is 2.08 bits per heavy atom. The molecule has 2 atom stereocenters. The van der Waals surface area contributed by atoms with Crippen molar-refractivity contribution in [2.24, 2.45) is 5.92 Å². The topological polar surface area (TPSA) is 77.9 Å². The van der Waals surface area contributed by atoms with Crippen LogP contribution < -0.4 is 4.90 Å². The van der Waals surface area contributed by atoms with Crippen molar-refractivity contribution in [1.29, 1.82) is 0 Å². The number of likely N-dealkylation sites (tertiary alicyclic amines) is 1. The largest absolute Gasteiger partial charge is 0.479 e. The Labute approximate surface area is 145 Å². The van der Waals surface area contributed by atoms with E-state index in [0.29, 0.717) is 0 Å². The molecule has 1 aromatic rings. The first kappa shape index (κ1) is 17.4. The summed E-state index contributed by atoms with van der Waals surface area (Å²) in [5.74, 6) is -2.58. The summed E-state index contributed by atoms with van der Waals surface area (Å²) in [4.78, 5) is 38.9. The van der Waals surface area contributed by atoms with Gasteiger partial charge in [-0.05, 0) is 18.1 Å². The molecule has 2 unspecified atom stereocenters. The number of alkyl halides is 1. The minimum Gasteiger partial charge on any atom is -0.479 e. The summed E-state index contributed by atoms with van der Waals surface area (Å²) in [6.45, 7) is 1.87. The van der Waals surface area contributed by atoms with Crippen molar-refractivity contribution in [2.45, 2.75) is 31.9 Å². The van der Waals surface area contributed by atoms with Crippen LogP contribution in [0.15, 0.2) is 24.3 Å². The monoisotopic (exact) mass is 348 g/mol. The number of rotatable bonds is 4. The number of hydrogen-bond donors (Lipinski definition) is 1. The molecule has 0 aromatic heterocycles. The fourth-order valence-corrected chi connectivity index (χ4v) is 3.57. The van der Waals surface area contributed by atoms with Crippen molar-refractivity contribution < 1.29 is 23.9 Å². The van der Waals surface area contributed by atoms with Crippen molar-refractivity contribution in [3.8, 4) is 0 Å². The zero-order valence-corrected chi connectivity index (χ0v) is 14.1. The predicted octanol–water partition coefficient (Wildman–Crippen LogP) is 1.63. The van der Waals surface area contributed by atoms with Gasteiger partial charge < -0.3 is 14.9 Å². The molecule has 0 spiro atoms. The SMILES string of the molecule is CCc1ccccc1N1CC(C(=O)N2CCC(F)(C(=O)O)C2)CC1=O. The highest BCUT2D eigenvalue weighted by molar-refractivity contribution is 6.01. The minimum atomic E-state index is -2.38. The Balaban J connectivity index is 1.73. The third kappa shape index (κ3) is 3.10. The Morgan fingerprint density at radius 1 is 1.36 bits per heavy atom. The first-order valence-electron chi connectivity index (χ1n) is 8.45. The standard InChI is InChI=1S/C18H21FN2O4/c1-2-12-5-3-4-6-14(12)21-10-13(9-15(21)22)16(23)20-8-7-18(19,11-20)17(24)25/h3-6,13H,2,7-11H2,1H3,(H,24,25). The van der Waals surface area contributed by atoms with Crippen LogP contribution in [0, 0.1) is 5.92 Å². The molecular formula is C18H21FN2O4. The molecule has 6 nitrogen and oxygen atoms in total. The van der Waals surface area contributed by atoms with Gasteiger partial charge in [0.05, 0.1) is 12.5 Å². The van der Waals surface area contributed by atoms with Crippen LogP contribution in [0.25, 0.3) is 0 Å². The van der Waals surface area contributed by atoms with E-state index < -0.39 is 24.1 Å². The lowest BCUT2D eigenvalue weighted by atomic mass is 10.1. The summed E-state index contributed by atoms with van der Waals surface area (Å²) >= 11 is 0. The lowest BCUT2D eigenvalue weighted by Gasteiger charge is -2.22. The van der Waals surface area contributed by atoms with Crippen LogP contribution in [0.2, 0.25) is 0 Å². The number of aliphatic carboxylic acids is 1. The average Bonchev–Trinajstić information content (AvgIpc) is 3.18. The number of para-hydroxylation sites is 1. The number of hydrogen-bond acceptors (Lipinski definition) is 3. The predicted molar refractivity (Wildman–Crippen MR) is 89.0 cm³/mol. The molecule has 0 bridgehead atoms. The maximum absolute atomic E-state index is 14.2. The number of aryl methyl sites for hydroxylation is 1. The highest BCUT2D eigenvalue weighted by Crippen LogP contribution is 2.32. The van der Waals surface area contributed by atoms with Gasteiger partial charge in [-0.2, -0.15) is 0 Å². The number of halogens is 1. The number of anilines is 1. The Hall–Kier alpha value is -2.44. The molecule has 1 aromatic carbocycles. The van der Waals surface area contributed by atoms with Crippen LogP contribution in [0.4, 0.5) is 10.1 Å². The number of nitrogens with zero attached hydrogens (tertiary/aromatic N) is 2. The number of amides is 2. The second kappa shape index (κ2) is 6.46. The van der Waals surface area contributed by atoms with Gasteiger partial charge in [-0.25, -0.2) is 9.18 Å². The van der Waals surface area contributed by atoms with Crippen LogP contribution in [0.3, 0.4) is 0 Å². The van der Waals surface area contributed by atoms with Crippen LogP contribution >= 0.6 is 0 Å². The third-order valence-electron chi connectivity index (χ3n) is 5.05. The lowest BCUT2D eigenvalue weighted by Crippen LogP contribution is -2.41. The summed E-state index contributed by atoms with van der Waals surface area (Å²) in [5.41, 5.74) is -0.553. The van der Waals surface area contributed by atoms with Gasteiger partial charge in [0.15, 0.2) is 0 Å². The van der Waals surface area contributed by atoms with Gasteiger partial charge in [0.25, 0.3) is 0 Å². The second-order valence-corrected chi connectivity index (χ2v) is 6.67. The maximum Gasteiger partial charge on any atom is 0.343 e. The average molecular weight is 348 g/mol. The maximum atomic E-state index is 14.2. The van der Waals surface area contributed by atoms with Crippen LogP contribution in [0.5, 0.6) is 0 Å². The fourth-order valence-electron chi connectivity index (χ4n) is 3.57. The molecule has 2 aliphatic rings. The summed E-state index contributed by atoms with van der Waals surface area (Å²) in [6.07, 6.45) is 0.629. The van der Waals surface area contributed by atoms with Gasteiger partial charge in [-0.15, -0.1) is 0 Å². The van der Waals surface area contributed by atoms with Crippen molar-refractivity contribution in [2.75, 3.05) is 24.5 Å². The van der Waals surface area contributed by atoms with E-state index in [0.717, 1.165) is 17.7 Å². The molecule has 2 fully saturated rings. The molecule has 2 amide bonds. The van der Waals surface area contributed by atoms with Gasteiger partial charge in [0.2, 0.25) is 17.5 Å². The zero-order valence-electron chi connectivity index (χ0n) is 14.1. The fraction of sp³-hybridized carbons (Fsp3) is 0.500. The molecule has 2 heterocycles. The highest BCUT2D eigenvalue weighted by atomic mass is 19.1. The summed E-state index contributed by atoms with van der Waals surface area (Å²) < 4.78 is 14.2. The molecule has 134 valence electrons. The van der Waals surface area contributed by atoms with Gasteiger partial charge in [-0.1, -0.05) is 25.1 Å². The third-order valence-corrected chi connectivity index (χ3v) is 5.05. The van der Waals surface area contributed by atoms with Crippen LogP contribution in [0.1, 0.15) is 25.3 Å². The summed E-state index contributed by atoms with van der Waals surface area (Å²) in [7, 11) is 0. The van der Waals surface area contributed by atoms with E-state index in [9.17, 15) is 18.8 Å². The van der Waals surface area contributed by atoms with E-state index in [2.05, 4.69) is 0 Å². The van der Waals surface area contributed by atoms with Gasteiger partial charge >= 0.3 is 5.97 Å². The normalized spacial score (nSPS) is 26.3. The van der Waals surface area contributed by atoms with Crippen LogP contribution in [-0.2, 0) is 20.8 Å². The van der Waals surface area contributed by atoms with E-state index in [1.54, 1.807) is 4.90 Å². The van der Waals surface area contributed by atoms with Crippen molar-refractivity contribution in [1.82, 2.24) is 4.90 Å². The number of carboxylic acid groups (broad SMARTS) is 1.